The quantitative estimate of drug-likeness (QED) is 0.129. The van der Waals surface area contributed by atoms with Gasteiger partial charge >= 0.3 is 11.9 Å². The molecule has 5 N–H and O–H groups in total. The highest BCUT2D eigenvalue weighted by Crippen LogP contribution is 2.41. The lowest BCUT2D eigenvalue weighted by Gasteiger charge is -2.49. The van der Waals surface area contributed by atoms with Crippen LogP contribution in [0.5, 0.6) is 0 Å². The van der Waals surface area contributed by atoms with Gasteiger partial charge in [-0.3, -0.25) is 14.5 Å². The number of fused-ring (bicyclic) bond motifs is 1. The molecule has 0 radical (unpaired) electrons. The van der Waals surface area contributed by atoms with E-state index < -0.39 is 47.5 Å². The largest absolute Gasteiger partial charge is 0.479 e. The molecule has 0 aliphatic carbocycles. The van der Waals surface area contributed by atoms with Crippen molar-refractivity contribution in [1.29, 1.82) is 0 Å². The number of thioether (sulfide) groups is 2. The Balaban J connectivity index is 1.51. The normalized spacial score (nSPS) is 19.5. The van der Waals surface area contributed by atoms with Gasteiger partial charge < -0.3 is 26.1 Å². The summed E-state index contributed by atoms with van der Waals surface area (Å²) in [6, 6.07) is -1.08. The number of nitrogens with two attached hydrogens (primary N) is 1. The molecule has 1 fully saturated rings. The molecule has 1 saturated heterocycles. The highest BCUT2D eigenvalue weighted by atomic mass is 35.5. The van der Waals surface area contributed by atoms with Crippen molar-refractivity contribution in [2.75, 3.05) is 23.8 Å². The predicted octanol–water partition coefficient (Wildman–Crippen LogP) is 0.566. The zero-order valence-corrected chi connectivity index (χ0v) is 21.6. The monoisotopic (exact) mass is 591 g/mol. The summed E-state index contributed by atoms with van der Waals surface area (Å²) >= 11 is 10.8. The van der Waals surface area contributed by atoms with Crippen LogP contribution in [0, 0.1) is 0 Å². The molecule has 14 nitrogen and oxygen atoms in total. The minimum atomic E-state index is -1.33. The van der Waals surface area contributed by atoms with Crippen molar-refractivity contribution in [1.82, 2.24) is 25.4 Å². The first kappa shape index (κ1) is 26.1. The van der Waals surface area contributed by atoms with Gasteiger partial charge in [-0.15, -0.1) is 22.0 Å². The van der Waals surface area contributed by atoms with E-state index in [0.29, 0.717) is 21.4 Å². The fourth-order valence-corrected chi connectivity index (χ4v) is 7.09. The lowest BCUT2D eigenvalue weighted by molar-refractivity contribution is -0.150. The van der Waals surface area contributed by atoms with Gasteiger partial charge in [0.15, 0.2) is 15.2 Å². The number of aromatic nitrogens is 3. The fourth-order valence-electron chi connectivity index (χ4n) is 3.19. The number of nitrogens with zero attached hydrogens (tertiary/aromatic N) is 5. The lowest BCUT2D eigenvalue weighted by atomic mass is 10.0. The maximum Gasteiger partial charge on any atom is 0.352 e. The number of anilines is 1. The van der Waals surface area contributed by atoms with Crippen LogP contribution < -0.4 is 11.1 Å². The molecule has 190 valence electrons. The number of carboxylic acid groups (broad SMARTS) is 2. The number of oxime groups is 1. The maximum absolute atomic E-state index is 13.0. The molecule has 0 saturated carbocycles. The number of aliphatic carboxylic acids is 2. The van der Waals surface area contributed by atoms with Crippen molar-refractivity contribution >= 4 is 92.4 Å². The number of rotatable bonds is 10. The van der Waals surface area contributed by atoms with Gasteiger partial charge in [0.1, 0.15) is 32.7 Å². The molecule has 4 rings (SSSR count). The minimum Gasteiger partial charge on any atom is -0.479 e. The molecular weight excluding hydrogens is 578 g/mol. The Morgan fingerprint density at radius 3 is 2.78 bits per heavy atom. The van der Waals surface area contributed by atoms with Gasteiger partial charge in [-0.25, -0.2) is 14.6 Å². The van der Waals surface area contributed by atoms with Crippen LogP contribution in [-0.2, 0) is 24.0 Å². The van der Waals surface area contributed by atoms with Crippen molar-refractivity contribution < 1.29 is 34.2 Å². The summed E-state index contributed by atoms with van der Waals surface area (Å²) in [5.74, 6) is -3.54. The highest BCUT2D eigenvalue weighted by molar-refractivity contribution is 8.01. The fraction of sp³-hybridized carbons (Fsp3) is 0.294. The van der Waals surface area contributed by atoms with Crippen molar-refractivity contribution in [2.45, 2.75) is 15.8 Å². The van der Waals surface area contributed by atoms with Crippen molar-refractivity contribution in [3.05, 3.63) is 26.8 Å². The van der Waals surface area contributed by atoms with Crippen LogP contribution in [-0.4, -0.2) is 89.3 Å². The van der Waals surface area contributed by atoms with Crippen molar-refractivity contribution in [3.63, 3.8) is 0 Å². The average Bonchev–Trinajstić information content (AvgIpc) is 3.46. The van der Waals surface area contributed by atoms with E-state index in [4.69, 9.17) is 22.4 Å². The second-order valence-electron chi connectivity index (χ2n) is 6.89. The molecule has 2 aromatic heterocycles. The summed E-state index contributed by atoms with van der Waals surface area (Å²) in [5, 5.41) is 31.6. The van der Waals surface area contributed by atoms with Crippen LogP contribution in [0.15, 0.2) is 26.3 Å². The molecule has 2 aliphatic rings. The number of amides is 2. The summed E-state index contributed by atoms with van der Waals surface area (Å²) in [7, 11) is 0. The first-order valence-electron chi connectivity index (χ1n) is 9.61. The number of carbonyl (C=O) groups excluding carboxylic acids is 2. The number of thiazole rings is 1. The van der Waals surface area contributed by atoms with Gasteiger partial charge in [0.05, 0.1) is 0 Å². The van der Waals surface area contributed by atoms with E-state index in [0.717, 1.165) is 16.2 Å². The van der Waals surface area contributed by atoms with Crippen LogP contribution in [0.4, 0.5) is 5.13 Å². The smallest absolute Gasteiger partial charge is 0.352 e. The Bertz CT molecular complexity index is 1280. The van der Waals surface area contributed by atoms with Crippen LogP contribution in [0.25, 0.3) is 0 Å². The molecule has 2 aliphatic heterocycles. The summed E-state index contributed by atoms with van der Waals surface area (Å²) in [6.07, 6.45) is 0. The molecule has 2 aromatic rings. The summed E-state index contributed by atoms with van der Waals surface area (Å²) < 4.78 is 0.667. The number of nitrogens with one attached hydrogen (secondary N) is 1. The molecule has 4 heterocycles. The summed E-state index contributed by atoms with van der Waals surface area (Å²) in [4.78, 5) is 58.4. The maximum atomic E-state index is 13.0. The molecule has 1 unspecified atom stereocenters. The van der Waals surface area contributed by atoms with E-state index >= 15 is 0 Å². The number of hydrogen-bond acceptors (Lipinski definition) is 14. The first-order chi connectivity index (χ1) is 17.2. The zero-order chi connectivity index (χ0) is 26.0. The molecule has 19 heteroatoms. The summed E-state index contributed by atoms with van der Waals surface area (Å²) in [6.45, 7) is -0.840. The topological polar surface area (TPSA) is 210 Å². The van der Waals surface area contributed by atoms with Gasteiger partial charge in [-0.05, 0) is 5.57 Å². The van der Waals surface area contributed by atoms with Crippen LogP contribution >= 0.6 is 57.8 Å². The number of halogens is 1. The number of carbonyl (C=O) groups is 4. The third-order valence-electron chi connectivity index (χ3n) is 4.63. The summed E-state index contributed by atoms with van der Waals surface area (Å²) in [5.41, 5.74) is 6.95. The number of hydrogen-bond donors (Lipinski definition) is 4. The molecule has 36 heavy (non-hydrogen) atoms. The zero-order valence-electron chi connectivity index (χ0n) is 17.6. The molecule has 0 spiro atoms. The van der Waals surface area contributed by atoms with E-state index in [-0.39, 0.29) is 20.9 Å². The van der Waals surface area contributed by atoms with Gasteiger partial charge in [0.25, 0.3) is 11.8 Å². The number of β-lactam (4-membered cyclic amide) rings is 1. The first-order valence-corrected chi connectivity index (χ1v) is 13.7. The number of carboxylic acids is 2. The van der Waals surface area contributed by atoms with Crippen LogP contribution in [0.1, 0.15) is 5.69 Å². The van der Waals surface area contributed by atoms with Crippen molar-refractivity contribution in [2.24, 2.45) is 5.16 Å². The molecular formula is C17H14ClN7O7S4. The van der Waals surface area contributed by atoms with Gasteiger partial charge in [0, 0.05) is 11.5 Å². The molecule has 2 atom stereocenters. The van der Waals surface area contributed by atoms with Crippen LogP contribution in [0.2, 0.25) is 4.34 Å². The highest BCUT2D eigenvalue weighted by Gasteiger charge is 2.54. The van der Waals surface area contributed by atoms with E-state index in [2.05, 4.69) is 30.5 Å². The van der Waals surface area contributed by atoms with E-state index in [1.165, 1.54) is 34.9 Å². The Morgan fingerprint density at radius 2 is 2.17 bits per heavy atom. The molecule has 0 bridgehead atoms. The molecule has 0 aromatic carbocycles. The Kier molecular flexibility index (Phi) is 7.98. The minimum absolute atomic E-state index is 0.00241. The van der Waals surface area contributed by atoms with E-state index in [9.17, 15) is 24.3 Å². The van der Waals surface area contributed by atoms with E-state index in [1.807, 2.05) is 0 Å². The Hall–Kier alpha value is -2.93. The predicted molar refractivity (Wildman–Crippen MR) is 132 cm³/mol. The van der Waals surface area contributed by atoms with Crippen molar-refractivity contribution in [3.8, 4) is 0 Å². The van der Waals surface area contributed by atoms with Gasteiger partial charge in [-0.2, -0.15) is 0 Å². The SMILES string of the molecule is Nc1nc(/C(=N\OCC(=O)O)C(=O)NC2C(=O)N3C(C(=O)O)=C(CSc4nncs4)CS[C@H]23)c(Cl)s1. The molecule has 2 amide bonds. The number of nitrogen functional groups attached to an aromatic ring is 1. The third kappa shape index (κ3) is 5.41. The second-order valence-corrected chi connectivity index (χ2v) is 11.7. The van der Waals surface area contributed by atoms with Gasteiger partial charge in [-0.1, -0.05) is 51.2 Å². The standard InChI is InChI=1S/C17H14ClN7O7S4/c18-11-7(22-16(19)36-11)8(24-32-1-6(26)27)12(28)21-9-13(29)25-10(15(30)31)5(2-33-14(9)25)3-34-17-23-20-4-35-17/h4,9,14H,1-3H2,(H2,19,22)(H,21,28)(H,26,27)(H,30,31)/b24-8+/t9?,14-/m1/s1. The lowest BCUT2D eigenvalue weighted by Crippen LogP contribution is -2.71. The third-order valence-corrected chi connectivity index (χ3v) is 9.00. The van der Waals surface area contributed by atoms with E-state index in [1.54, 1.807) is 5.51 Å². The second kappa shape index (κ2) is 11.0. The Labute approximate surface area is 222 Å². The van der Waals surface area contributed by atoms with Crippen LogP contribution in [0.3, 0.4) is 0 Å². The average molecular weight is 592 g/mol. The Morgan fingerprint density at radius 1 is 1.39 bits per heavy atom. The van der Waals surface area contributed by atoms with Gasteiger partial charge in [0.2, 0.25) is 6.61 Å².